The Balaban J connectivity index is 2.23. The number of hydrazone groups is 1. The molecule has 11 heteroatoms. The Morgan fingerprint density at radius 1 is 1.10 bits per heavy atom. The largest absolute Gasteiger partial charge is 0.497 e. The van der Waals surface area contributed by atoms with Gasteiger partial charge in [0.15, 0.2) is 0 Å². The lowest BCUT2D eigenvalue weighted by Gasteiger charge is -2.23. The molecule has 0 spiro atoms. The molecule has 0 fully saturated rings. The Morgan fingerprint density at radius 3 is 2.37 bits per heavy atom. The second-order valence-corrected chi connectivity index (χ2v) is 8.81. The molecule has 0 saturated heterocycles. The summed E-state index contributed by atoms with van der Waals surface area (Å²) in [4.78, 5) is 12.4. The number of hydrogen-bond donors (Lipinski definition) is 1. The lowest BCUT2D eigenvalue weighted by atomic mass is 10.2. The number of sulfonamides is 1. The SMILES string of the molecule is COc1ccc(OC)c(N(CC(=O)N/N=C\c2cc(Br)ccc2OC)S(C)(=O)=O)c1. The molecule has 0 atom stereocenters. The molecule has 0 radical (unpaired) electrons. The van der Waals surface area contributed by atoms with Crippen molar-refractivity contribution < 1.29 is 27.4 Å². The Kier molecular flexibility index (Phi) is 8.07. The van der Waals surface area contributed by atoms with Gasteiger partial charge in [0.05, 0.1) is 39.5 Å². The van der Waals surface area contributed by atoms with E-state index in [4.69, 9.17) is 14.2 Å². The number of rotatable bonds is 9. The van der Waals surface area contributed by atoms with Crippen LogP contribution in [0.3, 0.4) is 0 Å². The summed E-state index contributed by atoms with van der Waals surface area (Å²) in [5, 5.41) is 3.89. The molecule has 0 aromatic heterocycles. The highest BCUT2D eigenvalue weighted by Crippen LogP contribution is 2.33. The van der Waals surface area contributed by atoms with Crippen LogP contribution in [-0.4, -0.2) is 54.7 Å². The van der Waals surface area contributed by atoms with Gasteiger partial charge in [-0.05, 0) is 30.3 Å². The molecule has 9 nitrogen and oxygen atoms in total. The zero-order valence-electron chi connectivity index (χ0n) is 16.9. The fraction of sp³-hybridized carbons (Fsp3) is 0.263. The molecule has 30 heavy (non-hydrogen) atoms. The molecule has 1 N–H and O–H groups in total. The number of benzene rings is 2. The molecule has 162 valence electrons. The molecular weight excluding hydrogens is 478 g/mol. The van der Waals surface area contributed by atoms with E-state index in [1.54, 1.807) is 30.3 Å². The molecule has 2 rings (SSSR count). The highest BCUT2D eigenvalue weighted by molar-refractivity contribution is 9.10. The zero-order valence-corrected chi connectivity index (χ0v) is 19.3. The molecule has 0 saturated carbocycles. The topological polar surface area (TPSA) is 107 Å². The maximum Gasteiger partial charge on any atom is 0.260 e. The van der Waals surface area contributed by atoms with E-state index in [0.29, 0.717) is 17.1 Å². The summed E-state index contributed by atoms with van der Waals surface area (Å²) >= 11 is 3.35. The minimum atomic E-state index is -3.81. The molecule has 2 aromatic rings. The molecule has 2 aromatic carbocycles. The van der Waals surface area contributed by atoms with E-state index >= 15 is 0 Å². The van der Waals surface area contributed by atoms with Crippen LogP contribution in [0.25, 0.3) is 0 Å². The van der Waals surface area contributed by atoms with Crippen LogP contribution in [0.5, 0.6) is 17.2 Å². The number of halogens is 1. The van der Waals surface area contributed by atoms with Crippen LogP contribution < -0.4 is 23.9 Å². The number of hydrogen-bond acceptors (Lipinski definition) is 7. The first-order chi connectivity index (χ1) is 14.2. The van der Waals surface area contributed by atoms with E-state index in [1.165, 1.54) is 33.6 Å². The number of methoxy groups -OCH3 is 3. The summed E-state index contributed by atoms with van der Waals surface area (Å²) in [5.74, 6) is 0.613. The fourth-order valence-corrected chi connectivity index (χ4v) is 3.75. The van der Waals surface area contributed by atoms with Gasteiger partial charge in [-0.15, -0.1) is 0 Å². The van der Waals surface area contributed by atoms with Crippen molar-refractivity contribution in [1.29, 1.82) is 0 Å². The molecule has 0 aliphatic heterocycles. The number of carbonyl (C=O) groups is 1. The average Bonchev–Trinajstić information content (AvgIpc) is 2.71. The third kappa shape index (κ3) is 6.10. The Hall–Kier alpha value is -2.79. The Bertz CT molecular complexity index is 1040. The van der Waals surface area contributed by atoms with Crippen molar-refractivity contribution in [2.45, 2.75) is 0 Å². The summed E-state index contributed by atoms with van der Waals surface area (Å²) in [5.41, 5.74) is 3.12. The van der Waals surface area contributed by atoms with Crippen molar-refractivity contribution in [2.75, 3.05) is 38.4 Å². The van der Waals surface area contributed by atoms with Crippen molar-refractivity contribution in [3.8, 4) is 17.2 Å². The highest BCUT2D eigenvalue weighted by atomic mass is 79.9. The molecule has 0 aliphatic rings. The first-order valence-corrected chi connectivity index (χ1v) is 11.2. The summed E-state index contributed by atoms with van der Waals surface area (Å²) in [6, 6.07) is 9.97. The van der Waals surface area contributed by atoms with Crippen molar-refractivity contribution in [3.63, 3.8) is 0 Å². The van der Waals surface area contributed by atoms with Gasteiger partial charge in [-0.3, -0.25) is 9.10 Å². The molecule has 0 bridgehead atoms. The van der Waals surface area contributed by atoms with Crippen LogP contribution in [0, 0.1) is 0 Å². The minimum absolute atomic E-state index is 0.173. The van der Waals surface area contributed by atoms with Gasteiger partial charge >= 0.3 is 0 Å². The van der Waals surface area contributed by atoms with E-state index < -0.39 is 22.5 Å². The van der Waals surface area contributed by atoms with Gasteiger partial charge in [0, 0.05) is 16.1 Å². The van der Waals surface area contributed by atoms with Gasteiger partial charge in [0.1, 0.15) is 23.8 Å². The fourth-order valence-electron chi connectivity index (χ4n) is 2.52. The Morgan fingerprint density at radius 2 is 1.77 bits per heavy atom. The number of nitrogens with one attached hydrogen (secondary N) is 1. The number of ether oxygens (including phenoxy) is 3. The van der Waals surface area contributed by atoms with Crippen LogP contribution in [0.15, 0.2) is 46.0 Å². The predicted molar refractivity (Wildman–Crippen MR) is 118 cm³/mol. The molecule has 0 aliphatic carbocycles. The van der Waals surface area contributed by atoms with E-state index in [0.717, 1.165) is 15.0 Å². The van der Waals surface area contributed by atoms with Crippen molar-refractivity contribution in [2.24, 2.45) is 5.10 Å². The number of carbonyl (C=O) groups excluding carboxylic acids is 1. The van der Waals surface area contributed by atoms with Crippen molar-refractivity contribution in [3.05, 3.63) is 46.4 Å². The highest BCUT2D eigenvalue weighted by Gasteiger charge is 2.24. The summed E-state index contributed by atoms with van der Waals surface area (Å²) in [6.07, 6.45) is 2.40. The van der Waals surface area contributed by atoms with E-state index in [-0.39, 0.29) is 11.4 Å². The minimum Gasteiger partial charge on any atom is -0.497 e. The van der Waals surface area contributed by atoms with Gasteiger partial charge in [-0.25, -0.2) is 13.8 Å². The lowest BCUT2D eigenvalue weighted by Crippen LogP contribution is -2.39. The Labute approximate surface area is 183 Å². The number of amides is 1. The van der Waals surface area contributed by atoms with Crippen LogP contribution in [0.4, 0.5) is 5.69 Å². The van der Waals surface area contributed by atoms with Gasteiger partial charge in [0.2, 0.25) is 10.0 Å². The first kappa shape index (κ1) is 23.5. The third-order valence-corrected chi connectivity index (χ3v) is 5.55. The van der Waals surface area contributed by atoms with Gasteiger partial charge in [-0.1, -0.05) is 15.9 Å². The maximum atomic E-state index is 12.4. The smallest absolute Gasteiger partial charge is 0.260 e. The standard InChI is InChI=1S/C19H22BrN3O6S/c1-27-15-6-8-18(29-3)16(10-15)23(30(4,25)26)12-19(24)22-21-11-13-9-14(20)5-7-17(13)28-2/h5-11H,12H2,1-4H3,(H,22,24)/b21-11-. The number of nitrogens with zero attached hydrogens (tertiary/aromatic N) is 2. The second kappa shape index (κ2) is 10.3. The van der Waals surface area contributed by atoms with E-state index in [9.17, 15) is 13.2 Å². The quantitative estimate of drug-likeness (QED) is 0.419. The lowest BCUT2D eigenvalue weighted by molar-refractivity contribution is -0.119. The summed E-state index contributed by atoms with van der Waals surface area (Å²) in [7, 11) is 0.570. The van der Waals surface area contributed by atoms with Crippen LogP contribution in [0.1, 0.15) is 5.56 Å². The van der Waals surface area contributed by atoms with Crippen LogP contribution >= 0.6 is 15.9 Å². The average molecular weight is 500 g/mol. The predicted octanol–water partition coefficient (Wildman–Crippen LogP) is 2.39. The zero-order chi connectivity index (χ0) is 22.3. The molecule has 1 amide bonds. The summed E-state index contributed by atoms with van der Waals surface area (Å²) in [6.45, 7) is -0.505. The summed E-state index contributed by atoms with van der Waals surface area (Å²) < 4.78 is 42.0. The molecule has 0 unspecified atom stereocenters. The van der Waals surface area contributed by atoms with Crippen molar-refractivity contribution >= 4 is 43.8 Å². The van der Waals surface area contributed by atoms with Gasteiger partial charge < -0.3 is 14.2 Å². The monoisotopic (exact) mass is 499 g/mol. The third-order valence-electron chi connectivity index (χ3n) is 3.93. The molecular formula is C19H22BrN3O6S. The van der Waals surface area contributed by atoms with E-state index in [2.05, 4.69) is 26.5 Å². The first-order valence-electron chi connectivity index (χ1n) is 8.54. The number of anilines is 1. The van der Waals surface area contributed by atoms with Crippen LogP contribution in [-0.2, 0) is 14.8 Å². The van der Waals surface area contributed by atoms with Crippen LogP contribution in [0.2, 0.25) is 0 Å². The second-order valence-electron chi connectivity index (χ2n) is 5.99. The molecule has 0 heterocycles. The van der Waals surface area contributed by atoms with Crippen molar-refractivity contribution in [1.82, 2.24) is 5.43 Å². The van der Waals surface area contributed by atoms with Gasteiger partial charge in [0.25, 0.3) is 5.91 Å². The maximum absolute atomic E-state index is 12.4. The van der Waals surface area contributed by atoms with Gasteiger partial charge in [-0.2, -0.15) is 5.10 Å². The van der Waals surface area contributed by atoms with E-state index in [1.807, 2.05) is 0 Å². The normalized spacial score (nSPS) is 11.2.